The third-order valence-electron chi connectivity index (χ3n) is 2.44. The van der Waals surface area contributed by atoms with Crippen LogP contribution < -0.4 is 9.47 Å². The molecule has 2 rings (SSSR count). The molecule has 0 bridgehead atoms. The van der Waals surface area contributed by atoms with Gasteiger partial charge in [-0.2, -0.15) is 4.98 Å². The summed E-state index contributed by atoms with van der Waals surface area (Å²) in [6.45, 7) is 1.46. The molecule has 0 saturated carbocycles. The topological polar surface area (TPSA) is 87.4 Å². The zero-order chi connectivity index (χ0) is 14.7. The molecule has 0 aliphatic carbocycles. The molecule has 20 heavy (non-hydrogen) atoms. The molecule has 8 heteroatoms. The van der Waals surface area contributed by atoms with Gasteiger partial charge < -0.3 is 9.47 Å². The molecule has 0 fully saturated rings. The Hall–Kier alpha value is -2.41. The minimum atomic E-state index is -0.610. The average Bonchev–Trinajstić information content (AvgIpc) is 2.37. The van der Waals surface area contributed by atoms with Gasteiger partial charge in [-0.25, -0.2) is 4.98 Å². The standard InChI is InChI=1S/C12H10ClN3O4/c1-7-10(16(17)18)11(15-12(13)14-7)20-9-5-3-4-8(6-9)19-2/h3-6H,1-2H3. The first kappa shape index (κ1) is 14.0. The van der Waals surface area contributed by atoms with Crippen LogP contribution in [0.25, 0.3) is 0 Å². The molecule has 2 aromatic rings. The van der Waals surface area contributed by atoms with Crippen molar-refractivity contribution in [3.8, 4) is 17.4 Å². The predicted octanol–water partition coefficient (Wildman–Crippen LogP) is 3.15. The molecular formula is C12H10ClN3O4. The molecule has 0 amide bonds. The van der Waals surface area contributed by atoms with Gasteiger partial charge in [-0.15, -0.1) is 0 Å². The molecule has 1 heterocycles. The second-order valence-corrected chi connectivity index (χ2v) is 4.11. The number of aryl methyl sites for hydroxylation is 1. The van der Waals surface area contributed by atoms with Crippen LogP contribution in [0.1, 0.15) is 5.69 Å². The summed E-state index contributed by atoms with van der Waals surface area (Å²) in [5.41, 5.74) is -0.190. The summed E-state index contributed by atoms with van der Waals surface area (Å²) in [4.78, 5) is 17.9. The Kier molecular flexibility index (Phi) is 3.99. The molecule has 0 aliphatic rings. The van der Waals surface area contributed by atoms with Crippen molar-refractivity contribution in [2.75, 3.05) is 7.11 Å². The third-order valence-corrected chi connectivity index (χ3v) is 2.61. The largest absolute Gasteiger partial charge is 0.497 e. The van der Waals surface area contributed by atoms with Gasteiger partial charge >= 0.3 is 11.6 Å². The molecule has 0 saturated heterocycles. The maximum atomic E-state index is 11.0. The number of benzene rings is 1. The van der Waals surface area contributed by atoms with Crippen molar-refractivity contribution >= 4 is 17.3 Å². The Labute approximate surface area is 119 Å². The lowest BCUT2D eigenvalue weighted by atomic mass is 10.3. The first-order valence-electron chi connectivity index (χ1n) is 5.51. The first-order chi connectivity index (χ1) is 9.51. The highest BCUT2D eigenvalue weighted by atomic mass is 35.5. The number of hydrogen-bond acceptors (Lipinski definition) is 6. The average molecular weight is 296 g/mol. The second kappa shape index (κ2) is 5.70. The monoisotopic (exact) mass is 295 g/mol. The van der Waals surface area contributed by atoms with Crippen LogP contribution in [0, 0.1) is 17.0 Å². The summed E-state index contributed by atoms with van der Waals surface area (Å²) in [6, 6.07) is 6.61. The predicted molar refractivity (Wildman–Crippen MR) is 71.5 cm³/mol. The van der Waals surface area contributed by atoms with E-state index in [9.17, 15) is 10.1 Å². The van der Waals surface area contributed by atoms with Crippen LogP contribution in [0.2, 0.25) is 5.28 Å². The molecule has 7 nitrogen and oxygen atoms in total. The molecule has 0 radical (unpaired) electrons. The van der Waals surface area contributed by atoms with Crippen LogP contribution in [-0.4, -0.2) is 22.0 Å². The van der Waals surface area contributed by atoms with E-state index in [0.717, 1.165) is 0 Å². The molecular weight excluding hydrogens is 286 g/mol. The number of ether oxygens (including phenoxy) is 2. The fourth-order valence-electron chi connectivity index (χ4n) is 1.57. The fourth-order valence-corrected chi connectivity index (χ4v) is 1.77. The quantitative estimate of drug-likeness (QED) is 0.489. The Morgan fingerprint density at radius 3 is 2.65 bits per heavy atom. The van der Waals surface area contributed by atoms with E-state index >= 15 is 0 Å². The highest BCUT2D eigenvalue weighted by molar-refractivity contribution is 6.28. The van der Waals surface area contributed by atoms with Gasteiger partial charge in [-0.3, -0.25) is 10.1 Å². The van der Waals surface area contributed by atoms with E-state index in [4.69, 9.17) is 21.1 Å². The minimum absolute atomic E-state index is 0.119. The number of rotatable bonds is 4. The lowest BCUT2D eigenvalue weighted by Crippen LogP contribution is -2.01. The molecule has 0 aliphatic heterocycles. The molecule has 0 atom stereocenters. The Morgan fingerprint density at radius 1 is 1.30 bits per heavy atom. The highest BCUT2D eigenvalue weighted by Gasteiger charge is 2.23. The maximum Gasteiger partial charge on any atom is 0.352 e. The van der Waals surface area contributed by atoms with Gasteiger partial charge in [0, 0.05) is 6.07 Å². The zero-order valence-electron chi connectivity index (χ0n) is 10.7. The molecule has 104 valence electrons. The number of nitro groups is 1. The van der Waals surface area contributed by atoms with Gasteiger partial charge in [0.05, 0.1) is 12.0 Å². The number of hydrogen-bond donors (Lipinski definition) is 0. The zero-order valence-corrected chi connectivity index (χ0v) is 11.4. The van der Waals surface area contributed by atoms with Gasteiger partial charge in [0.1, 0.15) is 17.2 Å². The van der Waals surface area contributed by atoms with Crippen molar-refractivity contribution < 1.29 is 14.4 Å². The van der Waals surface area contributed by atoms with Crippen LogP contribution in [0.5, 0.6) is 17.4 Å². The Balaban J connectivity index is 2.44. The van der Waals surface area contributed by atoms with Gasteiger partial charge in [0.2, 0.25) is 5.28 Å². The van der Waals surface area contributed by atoms with E-state index in [1.54, 1.807) is 24.3 Å². The van der Waals surface area contributed by atoms with E-state index in [2.05, 4.69) is 9.97 Å². The van der Waals surface area contributed by atoms with E-state index < -0.39 is 4.92 Å². The lowest BCUT2D eigenvalue weighted by molar-refractivity contribution is -0.386. The van der Waals surface area contributed by atoms with E-state index in [0.29, 0.717) is 11.5 Å². The number of halogens is 1. The van der Waals surface area contributed by atoms with Crippen LogP contribution in [0.15, 0.2) is 24.3 Å². The molecule has 1 aromatic carbocycles. The van der Waals surface area contributed by atoms with Gasteiger partial charge in [0.25, 0.3) is 0 Å². The molecule has 0 unspecified atom stereocenters. The highest BCUT2D eigenvalue weighted by Crippen LogP contribution is 2.33. The fraction of sp³-hybridized carbons (Fsp3) is 0.167. The van der Waals surface area contributed by atoms with Crippen molar-refractivity contribution in [2.45, 2.75) is 6.92 Å². The number of methoxy groups -OCH3 is 1. The number of nitrogens with zero attached hydrogens (tertiary/aromatic N) is 3. The van der Waals surface area contributed by atoms with E-state index in [1.165, 1.54) is 14.0 Å². The SMILES string of the molecule is COc1cccc(Oc2nc(Cl)nc(C)c2[N+](=O)[O-])c1. The normalized spacial score (nSPS) is 10.2. The Morgan fingerprint density at radius 2 is 2.00 bits per heavy atom. The maximum absolute atomic E-state index is 11.0. The lowest BCUT2D eigenvalue weighted by Gasteiger charge is -2.08. The van der Waals surface area contributed by atoms with Gasteiger partial charge in [-0.05, 0) is 30.7 Å². The molecule has 0 spiro atoms. The van der Waals surface area contributed by atoms with Crippen molar-refractivity contribution in [1.82, 2.24) is 9.97 Å². The Bertz CT molecular complexity index is 663. The first-order valence-corrected chi connectivity index (χ1v) is 5.89. The van der Waals surface area contributed by atoms with Crippen LogP contribution in [0.3, 0.4) is 0 Å². The van der Waals surface area contributed by atoms with Crippen molar-refractivity contribution in [2.24, 2.45) is 0 Å². The molecule has 0 N–H and O–H groups in total. The second-order valence-electron chi connectivity index (χ2n) is 3.77. The van der Waals surface area contributed by atoms with Crippen LogP contribution in [-0.2, 0) is 0 Å². The summed E-state index contributed by atoms with van der Waals surface area (Å²) in [5.74, 6) is 0.699. The third kappa shape index (κ3) is 2.94. The van der Waals surface area contributed by atoms with Crippen molar-refractivity contribution in [3.05, 3.63) is 45.4 Å². The summed E-state index contributed by atoms with van der Waals surface area (Å²) in [7, 11) is 1.51. The smallest absolute Gasteiger partial charge is 0.352 e. The van der Waals surface area contributed by atoms with Gasteiger partial charge in [-0.1, -0.05) is 6.07 Å². The summed E-state index contributed by atoms with van der Waals surface area (Å²) < 4.78 is 10.5. The van der Waals surface area contributed by atoms with Crippen LogP contribution >= 0.6 is 11.6 Å². The van der Waals surface area contributed by atoms with Crippen LogP contribution in [0.4, 0.5) is 5.69 Å². The minimum Gasteiger partial charge on any atom is -0.497 e. The molecule has 1 aromatic heterocycles. The van der Waals surface area contributed by atoms with Crippen molar-refractivity contribution in [3.63, 3.8) is 0 Å². The summed E-state index contributed by atoms with van der Waals surface area (Å²) in [6.07, 6.45) is 0. The summed E-state index contributed by atoms with van der Waals surface area (Å²) in [5, 5.41) is 10.9. The number of aromatic nitrogens is 2. The van der Waals surface area contributed by atoms with Crippen molar-refractivity contribution in [1.29, 1.82) is 0 Å². The van der Waals surface area contributed by atoms with E-state index in [1.807, 2.05) is 0 Å². The van der Waals surface area contributed by atoms with E-state index in [-0.39, 0.29) is 22.5 Å². The van der Waals surface area contributed by atoms with Gasteiger partial charge in [0.15, 0.2) is 0 Å². The summed E-state index contributed by atoms with van der Waals surface area (Å²) >= 11 is 5.70.